The summed E-state index contributed by atoms with van der Waals surface area (Å²) < 4.78 is 6.49. The number of ether oxygens (including phenoxy) is 1. The number of aromatic nitrogens is 2. The minimum absolute atomic E-state index is 0.152. The average Bonchev–Trinajstić information content (AvgIpc) is 3.13. The molecule has 2 atom stereocenters. The Labute approximate surface area is 206 Å². The first-order valence-electron chi connectivity index (χ1n) is 12.2. The van der Waals surface area contributed by atoms with E-state index in [0.29, 0.717) is 5.92 Å². The molecular weight excluding hydrogens is 442 g/mol. The van der Waals surface area contributed by atoms with Crippen molar-refractivity contribution in [1.29, 1.82) is 0 Å². The Morgan fingerprint density at radius 2 is 1.68 bits per heavy atom. The summed E-state index contributed by atoms with van der Waals surface area (Å²) in [5.74, 6) is 2.36. The number of nitrogens with zero attached hydrogens (tertiary/aromatic N) is 3. The fourth-order valence-electron chi connectivity index (χ4n) is 5.20. The van der Waals surface area contributed by atoms with Crippen LogP contribution in [0.15, 0.2) is 72.1 Å². The van der Waals surface area contributed by atoms with Gasteiger partial charge in [0.15, 0.2) is 5.16 Å². The van der Waals surface area contributed by atoms with Gasteiger partial charge in [0.1, 0.15) is 11.9 Å². The first-order valence-corrected chi connectivity index (χ1v) is 13.1. The summed E-state index contributed by atoms with van der Waals surface area (Å²) in [7, 11) is 0. The SMILES string of the molecule is CC(C)c1ccccc1OC1CC2CCC(C1)N2C(=O)c1ccc(CSc2ncccn2)cc1. The van der Waals surface area contributed by atoms with Gasteiger partial charge in [-0.25, -0.2) is 9.97 Å². The third kappa shape index (κ3) is 4.97. The summed E-state index contributed by atoms with van der Waals surface area (Å²) in [5, 5.41) is 0.764. The molecule has 2 saturated heterocycles. The molecule has 0 N–H and O–H groups in total. The van der Waals surface area contributed by atoms with Crippen LogP contribution in [0.3, 0.4) is 0 Å². The van der Waals surface area contributed by atoms with Crippen molar-refractivity contribution in [2.45, 2.75) is 74.5 Å². The van der Waals surface area contributed by atoms with Crippen molar-refractivity contribution in [2.24, 2.45) is 0 Å². The summed E-state index contributed by atoms with van der Waals surface area (Å²) in [6, 6.07) is 18.7. The normalized spacial score (nSPS) is 21.6. The molecule has 0 radical (unpaired) electrons. The largest absolute Gasteiger partial charge is 0.490 e. The Kier molecular flexibility index (Phi) is 6.86. The fraction of sp³-hybridized carbons (Fsp3) is 0.393. The second kappa shape index (κ2) is 10.2. The summed E-state index contributed by atoms with van der Waals surface area (Å²) in [6.45, 7) is 4.40. The molecular formula is C28H31N3O2S. The molecule has 1 aromatic heterocycles. The van der Waals surface area contributed by atoms with Crippen molar-refractivity contribution in [2.75, 3.05) is 0 Å². The lowest BCUT2D eigenvalue weighted by Gasteiger charge is -2.39. The van der Waals surface area contributed by atoms with Crippen LogP contribution in [0, 0.1) is 0 Å². The lowest BCUT2D eigenvalue weighted by molar-refractivity contribution is 0.0356. The van der Waals surface area contributed by atoms with E-state index in [1.807, 2.05) is 36.4 Å². The Bertz CT molecular complexity index is 1110. The van der Waals surface area contributed by atoms with Crippen molar-refractivity contribution in [1.82, 2.24) is 14.9 Å². The Morgan fingerprint density at radius 1 is 1.00 bits per heavy atom. The van der Waals surface area contributed by atoms with E-state index in [0.717, 1.165) is 53.5 Å². The van der Waals surface area contributed by atoms with Crippen LogP contribution < -0.4 is 4.74 Å². The molecule has 2 bridgehead atoms. The van der Waals surface area contributed by atoms with Crippen molar-refractivity contribution in [3.63, 3.8) is 0 Å². The predicted octanol–water partition coefficient (Wildman–Crippen LogP) is 6.11. The molecule has 5 rings (SSSR count). The van der Waals surface area contributed by atoms with Crippen LogP contribution in [-0.4, -0.2) is 39.0 Å². The van der Waals surface area contributed by atoms with Gasteiger partial charge in [0.25, 0.3) is 5.91 Å². The van der Waals surface area contributed by atoms with Gasteiger partial charge in [0, 0.05) is 48.6 Å². The lowest BCUT2D eigenvalue weighted by atomic mass is 9.97. The average molecular weight is 474 g/mol. The van der Waals surface area contributed by atoms with E-state index in [4.69, 9.17) is 4.74 Å². The molecule has 2 fully saturated rings. The highest BCUT2D eigenvalue weighted by Crippen LogP contribution is 2.39. The van der Waals surface area contributed by atoms with Gasteiger partial charge in [-0.05, 0) is 54.2 Å². The minimum Gasteiger partial charge on any atom is -0.490 e. The molecule has 0 saturated carbocycles. The molecule has 2 unspecified atom stereocenters. The topological polar surface area (TPSA) is 55.3 Å². The highest BCUT2D eigenvalue weighted by Gasteiger charge is 2.44. The number of rotatable bonds is 7. The number of hydrogen-bond acceptors (Lipinski definition) is 5. The number of thioether (sulfide) groups is 1. The van der Waals surface area contributed by atoms with E-state index < -0.39 is 0 Å². The van der Waals surface area contributed by atoms with Gasteiger partial charge >= 0.3 is 0 Å². The van der Waals surface area contributed by atoms with E-state index in [9.17, 15) is 4.79 Å². The molecule has 2 aliphatic rings. The molecule has 3 heterocycles. The Balaban J connectivity index is 1.21. The van der Waals surface area contributed by atoms with Gasteiger partial charge in [-0.15, -0.1) is 0 Å². The number of fused-ring (bicyclic) bond motifs is 2. The molecule has 0 aliphatic carbocycles. The van der Waals surface area contributed by atoms with Gasteiger partial charge in [0.2, 0.25) is 0 Å². The molecule has 5 nitrogen and oxygen atoms in total. The maximum absolute atomic E-state index is 13.4. The third-order valence-electron chi connectivity index (χ3n) is 6.87. The highest BCUT2D eigenvalue weighted by atomic mass is 32.2. The van der Waals surface area contributed by atoms with E-state index >= 15 is 0 Å². The lowest BCUT2D eigenvalue weighted by Crippen LogP contribution is -2.49. The maximum atomic E-state index is 13.4. The van der Waals surface area contributed by atoms with Gasteiger partial charge in [-0.1, -0.05) is 55.9 Å². The smallest absolute Gasteiger partial charge is 0.254 e. The van der Waals surface area contributed by atoms with Gasteiger partial charge in [-0.3, -0.25) is 4.79 Å². The van der Waals surface area contributed by atoms with Crippen LogP contribution in [0.5, 0.6) is 5.75 Å². The predicted molar refractivity (Wildman–Crippen MR) is 135 cm³/mol. The molecule has 2 aliphatic heterocycles. The summed E-state index contributed by atoms with van der Waals surface area (Å²) in [4.78, 5) is 24.1. The zero-order valence-corrected chi connectivity index (χ0v) is 20.6. The van der Waals surface area contributed by atoms with Crippen molar-refractivity contribution >= 4 is 17.7 Å². The number of hydrogen-bond donors (Lipinski definition) is 0. The van der Waals surface area contributed by atoms with Crippen LogP contribution in [0.1, 0.15) is 66.9 Å². The van der Waals surface area contributed by atoms with E-state index in [-0.39, 0.29) is 24.1 Å². The molecule has 0 spiro atoms. The number of piperidine rings is 1. The van der Waals surface area contributed by atoms with Crippen LogP contribution in [0.4, 0.5) is 0 Å². The fourth-order valence-corrected chi connectivity index (χ4v) is 5.96. The van der Waals surface area contributed by atoms with Crippen LogP contribution >= 0.6 is 11.8 Å². The molecule has 34 heavy (non-hydrogen) atoms. The second-order valence-corrected chi connectivity index (χ2v) is 10.5. The standard InChI is InChI=1S/C28H31N3O2S/c1-19(2)25-6-3-4-7-26(25)33-24-16-22-12-13-23(17-24)31(22)27(32)21-10-8-20(9-11-21)18-34-28-29-14-5-15-30-28/h3-11,14-15,19,22-24H,12-13,16-18H2,1-2H3. The van der Waals surface area contributed by atoms with Crippen molar-refractivity contribution in [3.8, 4) is 5.75 Å². The van der Waals surface area contributed by atoms with Gasteiger partial charge in [0.05, 0.1) is 0 Å². The molecule has 2 aromatic carbocycles. The summed E-state index contributed by atoms with van der Waals surface area (Å²) >= 11 is 1.60. The first kappa shape index (κ1) is 22.9. The Hall–Kier alpha value is -2.86. The van der Waals surface area contributed by atoms with Gasteiger partial charge < -0.3 is 9.64 Å². The molecule has 176 valence electrons. The van der Waals surface area contributed by atoms with E-state index in [1.165, 1.54) is 5.56 Å². The zero-order valence-electron chi connectivity index (χ0n) is 19.8. The monoisotopic (exact) mass is 473 g/mol. The third-order valence-corrected chi connectivity index (χ3v) is 7.82. The maximum Gasteiger partial charge on any atom is 0.254 e. The van der Waals surface area contributed by atoms with Crippen molar-refractivity contribution < 1.29 is 9.53 Å². The van der Waals surface area contributed by atoms with Gasteiger partial charge in [-0.2, -0.15) is 0 Å². The van der Waals surface area contributed by atoms with E-state index in [1.54, 1.807) is 24.2 Å². The number of amides is 1. The first-order chi connectivity index (χ1) is 16.6. The summed E-state index contributed by atoms with van der Waals surface area (Å²) in [6.07, 6.45) is 7.61. The minimum atomic E-state index is 0.152. The van der Waals surface area contributed by atoms with E-state index in [2.05, 4.69) is 46.9 Å². The Morgan fingerprint density at radius 3 is 2.35 bits per heavy atom. The second-order valence-electron chi connectivity index (χ2n) is 9.52. The summed E-state index contributed by atoms with van der Waals surface area (Å²) in [5.41, 5.74) is 3.18. The molecule has 3 aromatic rings. The van der Waals surface area contributed by atoms with Crippen LogP contribution in [-0.2, 0) is 5.75 Å². The van der Waals surface area contributed by atoms with Crippen LogP contribution in [0.2, 0.25) is 0 Å². The number of benzene rings is 2. The molecule has 6 heteroatoms. The quantitative estimate of drug-likeness (QED) is 0.306. The number of carbonyl (C=O) groups is 1. The number of para-hydroxylation sites is 1. The zero-order chi connectivity index (χ0) is 23.5. The highest BCUT2D eigenvalue weighted by molar-refractivity contribution is 7.98. The van der Waals surface area contributed by atoms with Crippen LogP contribution in [0.25, 0.3) is 0 Å². The number of carbonyl (C=O) groups excluding carboxylic acids is 1. The van der Waals surface area contributed by atoms with Crippen molar-refractivity contribution in [3.05, 3.63) is 83.7 Å². The molecule has 1 amide bonds.